The van der Waals surface area contributed by atoms with Crippen molar-refractivity contribution in [2.45, 2.75) is 0 Å². The molecule has 88 valence electrons. The molecule has 0 atom stereocenters. The van der Waals surface area contributed by atoms with E-state index >= 15 is 0 Å². The van der Waals surface area contributed by atoms with Gasteiger partial charge in [-0.1, -0.05) is 36.4 Å². The third-order valence-corrected chi connectivity index (χ3v) is 1.51. The minimum absolute atomic E-state index is 0. The van der Waals surface area contributed by atoms with Gasteiger partial charge in [-0.3, -0.25) is 0 Å². The molecule has 0 bridgehead atoms. The SMILES string of the molecule is Oc1ccccc1.Oc1ccccc1.[CH3-].[Fe]. The summed E-state index contributed by atoms with van der Waals surface area (Å²) >= 11 is 0. The van der Waals surface area contributed by atoms with Crippen molar-refractivity contribution in [2.75, 3.05) is 0 Å². The van der Waals surface area contributed by atoms with Gasteiger partial charge in [-0.15, -0.1) is 0 Å². The van der Waals surface area contributed by atoms with E-state index in [2.05, 4.69) is 0 Å². The Morgan fingerprint density at radius 3 is 0.938 bits per heavy atom. The fraction of sp³-hybridized carbons (Fsp3) is 0. The van der Waals surface area contributed by atoms with Gasteiger partial charge in [-0.25, -0.2) is 0 Å². The number of phenolic OH excluding ortho intramolecular Hbond substituents is 2. The van der Waals surface area contributed by atoms with Crippen LogP contribution in [0.1, 0.15) is 0 Å². The van der Waals surface area contributed by atoms with Gasteiger partial charge in [0.25, 0.3) is 0 Å². The van der Waals surface area contributed by atoms with Gasteiger partial charge in [0.2, 0.25) is 0 Å². The third-order valence-electron chi connectivity index (χ3n) is 1.51. The first-order valence-corrected chi connectivity index (χ1v) is 4.27. The number of hydrogen-bond acceptors (Lipinski definition) is 2. The maximum atomic E-state index is 8.63. The summed E-state index contributed by atoms with van der Waals surface area (Å²) in [5.74, 6) is 0.644. The van der Waals surface area contributed by atoms with Gasteiger partial charge in [0.15, 0.2) is 0 Å². The van der Waals surface area contributed by atoms with E-state index in [1.54, 1.807) is 48.5 Å². The Labute approximate surface area is 107 Å². The summed E-state index contributed by atoms with van der Waals surface area (Å²) in [6.07, 6.45) is 0. The van der Waals surface area contributed by atoms with Crippen LogP contribution in [0.3, 0.4) is 0 Å². The van der Waals surface area contributed by atoms with E-state index in [-0.39, 0.29) is 24.5 Å². The average molecular weight is 259 g/mol. The van der Waals surface area contributed by atoms with Crippen molar-refractivity contribution in [1.82, 2.24) is 0 Å². The average Bonchev–Trinajstić information content (AvgIpc) is 2.21. The van der Waals surface area contributed by atoms with Crippen LogP contribution in [-0.2, 0) is 17.1 Å². The maximum absolute atomic E-state index is 8.63. The zero-order valence-electron chi connectivity index (χ0n) is 9.02. The largest absolute Gasteiger partial charge is 0.508 e. The van der Waals surface area contributed by atoms with Gasteiger partial charge in [0.1, 0.15) is 11.5 Å². The zero-order valence-corrected chi connectivity index (χ0v) is 10.1. The van der Waals surface area contributed by atoms with Crippen LogP contribution in [0.15, 0.2) is 60.7 Å². The first kappa shape index (κ1) is 17.0. The number of para-hydroxylation sites is 2. The van der Waals surface area contributed by atoms with Crippen molar-refractivity contribution < 1.29 is 27.3 Å². The summed E-state index contributed by atoms with van der Waals surface area (Å²) in [6, 6.07) is 17.4. The molecule has 0 aromatic heterocycles. The molecule has 0 fully saturated rings. The maximum Gasteiger partial charge on any atom is 0.115 e. The molecule has 0 saturated heterocycles. The van der Waals surface area contributed by atoms with Crippen LogP contribution in [0.2, 0.25) is 0 Å². The van der Waals surface area contributed by atoms with Gasteiger partial charge in [-0.2, -0.15) is 0 Å². The van der Waals surface area contributed by atoms with Crippen LogP contribution in [-0.4, -0.2) is 10.2 Å². The molecule has 0 aliphatic heterocycles. The molecular weight excluding hydrogens is 244 g/mol. The number of phenols is 2. The van der Waals surface area contributed by atoms with Crippen LogP contribution in [0.4, 0.5) is 0 Å². The molecule has 16 heavy (non-hydrogen) atoms. The Morgan fingerprint density at radius 2 is 0.812 bits per heavy atom. The van der Waals surface area contributed by atoms with Crippen molar-refractivity contribution in [1.29, 1.82) is 0 Å². The molecule has 0 unspecified atom stereocenters. The van der Waals surface area contributed by atoms with Crippen LogP contribution in [0, 0.1) is 7.43 Å². The summed E-state index contributed by atoms with van der Waals surface area (Å²) in [6.45, 7) is 0. The first-order valence-electron chi connectivity index (χ1n) is 4.27. The van der Waals surface area contributed by atoms with Crippen LogP contribution >= 0.6 is 0 Å². The summed E-state index contributed by atoms with van der Waals surface area (Å²) in [4.78, 5) is 0. The van der Waals surface area contributed by atoms with Gasteiger partial charge in [0.05, 0.1) is 0 Å². The third kappa shape index (κ3) is 7.92. The van der Waals surface area contributed by atoms with Crippen molar-refractivity contribution in [3.8, 4) is 11.5 Å². The summed E-state index contributed by atoms with van der Waals surface area (Å²) in [7, 11) is 0. The molecule has 0 radical (unpaired) electrons. The van der Waals surface area contributed by atoms with Gasteiger partial charge in [0, 0.05) is 17.1 Å². The molecule has 0 saturated carbocycles. The van der Waals surface area contributed by atoms with Crippen LogP contribution in [0.25, 0.3) is 0 Å². The predicted octanol–water partition coefficient (Wildman–Crippen LogP) is 3.23. The topological polar surface area (TPSA) is 40.5 Å². The summed E-state index contributed by atoms with van der Waals surface area (Å²) < 4.78 is 0. The molecular formula is C13H15FeO2-. The summed E-state index contributed by atoms with van der Waals surface area (Å²) in [5.41, 5.74) is 0. The normalized spacial score (nSPS) is 7.50. The Bertz CT molecular complexity index is 311. The molecule has 2 nitrogen and oxygen atoms in total. The Kier molecular flexibility index (Phi) is 10.7. The van der Waals surface area contributed by atoms with E-state index in [1.165, 1.54) is 0 Å². The van der Waals surface area contributed by atoms with Gasteiger partial charge < -0.3 is 17.6 Å². The molecule has 3 heteroatoms. The standard InChI is InChI=1S/2C6H6O.CH3.Fe/c2*7-6-4-2-1-3-5-6;;/h2*1-5,7H;1H3;/q;;-1;. The smallest absolute Gasteiger partial charge is 0.115 e. The monoisotopic (exact) mass is 259 g/mol. The number of benzene rings is 2. The number of aromatic hydroxyl groups is 2. The Balaban J connectivity index is 0. The quantitative estimate of drug-likeness (QED) is 0.563. The first-order chi connectivity index (χ1) is 6.79. The van der Waals surface area contributed by atoms with E-state index in [0.717, 1.165) is 0 Å². The van der Waals surface area contributed by atoms with E-state index < -0.39 is 0 Å². The second kappa shape index (κ2) is 10.1. The van der Waals surface area contributed by atoms with E-state index in [0.29, 0.717) is 11.5 Å². The Morgan fingerprint density at radius 1 is 0.562 bits per heavy atom. The van der Waals surface area contributed by atoms with E-state index in [9.17, 15) is 0 Å². The molecule has 2 aromatic rings. The van der Waals surface area contributed by atoms with Crippen molar-refractivity contribution in [3.63, 3.8) is 0 Å². The molecule has 0 aliphatic carbocycles. The van der Waals surface area contributed by atoms with Gasteiger partial charge in [-0.05, 0) is 24.3 Å². The predicted molar refractivity (Wildman–Crippen MR) is 62.6 cm³/mol. The number of hydrogen-bond donors (Lipinski definition) is 2. The molecule has 0 aliphatic rings. The molecule has 2 aromatic carbocycles. The molecule has 0 amide bonds. The van der Waals surface area contributed by atoms with Gasteiger partial charge >= 0.3 is 0 Å². The minimum Gasteiger partial charge on any atom is -0.508 e. The van der Waals surface area contributed by atoms with Crippen molar-refractivity contribution in [2.24, 2.45) is 0 Å². The molecule has 2 N–H and O–H groups in total. The fourth-order valence-corrected chi connectivity index (χ4v) is 0.856. The van der Waals surface area contributed by atoms with Crippen molar-refractivity contribution >= 4 is 0 Å². The Hall–Kier alpha value is -1.44. The second-order valence-corrected chi connectivity index (χ2v) is 2.67. The molecule has 2 rings (SSSR count). The summed E-state index contributed by atoms with van der Waals surface area (Å²) in [5, 5.41) is 17.3. The van der Waals surface area contributed by atoms with E-state index in [1.807, 2.05) is 12.1 Å². The molecule has 0 heterocycles. The van der Waals surface area contributed by atoms with E-state index in [4.69, 9.17) is 10.2 Å². The second-order valence-electron chi connectivity index (χ2n) is 2.67. The number of rotatable bonds is 0. The minimum atomic E-state index is 0. The fourth-order valence-electron chi connectivity index (χ4n) is 0.856. The van der Waals surface area contributed by atoms with Crippen LogP contribution in [0.5, 0.6) is 11.5 Å². The van der Waals surface area contributed by atoms with Crippen molar-refractivity contribution in [3.05, 3.63) is 68.1 Å². The molecule has 0 spiro atoms. The van der Waals surface area contributed by atoms with Crippen LogP contribution < -0.4 is 0 Å². The zero-order chi connectivity index (χ0) is 10.2.